The fourth-order valence-electron chi connectivity index (χ4n) is 3.71. The first-order chi connectivity index (χ1) is 13.9. The highest BCUT2D eigenvalue weighted by Gasteiger charge is 2.28. The maximum Gasteiger partial charge on any atom is 0.313 e. The molecule has 6 nitrogen and oxygen atoms in total. The van der Waals surface area contributed by atoms with Gasteiger partial charge < -0.3 is 20.4 Å². The van der Waals surface area contributed by atoms with Crippen molar-refractivity contribution in [1.82, 2.24) is 5.32 Å². The van der Waals surface area contributed by atoms with E-state index < -0.39 is 17.6 Å². The van der Waals surface area contributed by atoms with Gasteiger partial charge in [0, 0.05) is 43.9 Å². The molecule has 1 saturated heterocycles. The van der Waals surface area contributed by atoms with Crippen molar-refractivity contribution in [1.29, 1.82) is 0 Å². The Morgan fingerprint density at radius 3 is 2.38 bits per heavy atom. The third kappa shape index (κ3) is 5.54. The number of hydrogen-bond acceptors (Lipinski definition) is 3. The van der Waals surface area contributed by atoms with Crippen LogP contribution in [-0.2, 0) is 9.59 Å². The molecule has 0 aromatic heterocycles. The number of benzene rings is 2. The largest absolute Gasteiger partial charge is 0.378 e. The smallest absolute Gasteiger partial charge is 0.313 e. The van der Waals surface area contributed by atoms with E-state index in [1.54, 1.807) is 0 Å². The van der Waals surface area contributed by atoms with E-state index >= 15 is 0 Å². The molecular formula is C22H28FN4O2+. The number of likely N-dealkylation sites (tertiary alicyclic amines) is 1. The normalized spacial score (nSPS) is 15.0. The molecule has 0 radical (unpaired) electrons. The molecule has 0 unspecified atom stereocenters. The van der Waals surface area contributed by atoms with Crippen molar-refractivity contribution in [2.75, 3.05) is 43.9 Å². The topological polar surface area (TPSA) is 65.9 Å². The SMILES string of the molecule is CN(C)c1ccc([C@H](CNC(=O)C(=O)Nc2cccc(F)c2)[NH+]2CCCC2)cc1. The molecule has 1 atom stereocenters. The van der Waals surface area contributed by atoms with E-state index in [4.69, 9.17) is 0 Å². The summed E-state index contributed by atoms with van der Waals surface area (Å²) in [7, 11) is 3.99. The van der Waals surface area contributed by atoms with Crippen LogP contribution in [-0.4, -0.2) is 45.5 Å². The number of nitrogens with one attached hydrogen (secondary N) is 3. The molecule has 0 bridgehead atoms. The van der Waals surface area contributed by atoms with Gasteiger partial charge in [0.2, 0.25) is 0 Å². The fraction of sp³-hybridized carbons (Fsp3) is 0.364. The Morgan fingerprint density at radius 1 is 1.07 bits per heavy atom. The molecule has 2 aromatic rings. The Balaban J connectivity index is 1.64. The zero-order chi connectivity index (χ0) is 20.8. The Morgan fingerprint density at radius 2 is 1.76 bits per heavy atom. The van der Waals surface area contributed by atoms with Gasteiger partial charge in [0.15, 0.2) is 0 Å². The third-order valence-corrected chi connectivity index (χ3v) is 5.31. The Bertz CT molecular complexity index is 848. The van der Waals surface area contributed by atoms with Crippen molar-refractivity contribution < 1.29 is 18.9 Å². The van der Waals surface area contributed by atoms with Crippen LogP contribution in [0.4, 0.5) is 15.8 Å². The molecule has 1 heterocycles. The van der Waals surface area contributed by atoms with Crippen LogP contribution < -0.4 is 20.4 Å². The first-order valence-electron chi connectivity index (χ1n) is 9.90. The number of anilines is 2. The lowest BCUT2D eigenvalue weighted by molar-refractivity contribution is -0.918. The van der Waals surface area contributed by atoms with Gasteiger partial charge in [-0.25, -0.2) is 4.39 Å². The summed E-state index contributed by atoms with van der Waals surface area (Å²) in [6, 6.07) is 13.9. The van der Waals surface area contributed by atoms with Gasteiger partial charge in [-0.3, -0.25) is 9.59 Å². The molecule has 2 amide bonds. The zero-order valence-corrected chi connectivity index (χ0v) is 16.9. The lowest BCUT2D eigenvalue weighted by atomic mass is 10.0. The van der Waals surface area contributed by atoms with E-state index in [0.29, 0.717) is 6.54 Å². The minimum Gasteiger partial charge on any atom is -0.378 e. The molecule has 2 aromatic carbocycles. The highest BCUT2D eigenvalue weighted by atomic mass is 19.1. The van der Waals surface area contributed by atoms with E-state index in [9.17, 15) is 14.0 Å². The Labute approximate surface area is 170 Å². The molecule has 3 N–H and O–H groups in total. The van der Waals surface area contributed by atoms with E-state index in [0.717, 1.165) is 37.2 Å². The summed E-state index contributed by atoms with van der Waals surface area (Å²) in [5, 5.41) is 5.19. The second kappa shape index (κ2) is 9.52. The second-order valence-corrected chi connectivity index (χ2v) is 7.58. The van der Waals surface area contributed by atoms with Crippen LogP contribution in [0.3, 0.4) is 0 Å². The van der Waals surface area contributed by atoms with Crippen LogP contribution >= 0.6 is 0 Å². The molecule has 154 valence electrons. The van der Waals surface area contributed by atoms with Crippen LogP contribution in [0, 0.1) is 5.82 Å². The molecule has 0 saturated carbocycles. The van der Waals surface area contributed by atoms with Crippen LogP contribution in [0.1, 0.15) is 24.4 Å². The highest BCUT2D eigenvalue weighted by molar-refractivity contribution is 6.39. The fourth-order valence-corrected chi connectivity index (χ4v) is 3.71. The third-order valence-electron chi connectivity index (χ3n) is 5.31. The molecular weight excluding hydrogens is 371 g/mol. The first kappa shape index (κ1) is 20.8. The average Bonchev–Trinajstić information content (AvgIpc) is 3.23. The molecule has 0 spiro atoms. The number of carbonyl (C=O) groups is 2. The van der Waals surface area contributed by atoms with Crippen molar-refractivity contribution >= 4 is 23.2 Å². The average molecular weight is 399 g/mol. The number of halogens is 1. The van der Waals surface area contributed by atoms with Crippen LogP contribution in [0.15, 0.2) is 48.5 Å². The summed E-state index contributed by atoms with van der Waals surface area (Å²) in [6.45, 7) is 2.46. The number of quaternary nitrogens is 1. The van der Waals surface area contributed by atoms with Crippen LogP contribution in [0.5, 0.6) is 0 Å². The summed E-state index contributed by atoms with van der Waals surface area (Å²) in [4.78, 5) is 27.9. The molecule has 29 heavy (non-hydrogen) atoms. The standard InChI is InChI=1S/C22H27FN4O2/c1-26(2)19-10-8-16(9-11-19)20(27-12-3-4-13-27)15-24-21(28)22(29)25-18-7-5-6-17(23)14-18/h5-11,14,20H,3-4,12-13,15H2,1-2H3,(H,24,28)(H,25,29)/p+1/t20-/m0/s1. The maximum atomic E-state index is 13.3. The molecule has 3 rings (SSSR count). The predicted molar refractivity (Wildman–Crippen MR) is 111 cm³/mol. The number of amides is 2. The lowest BCUT2D eigenvalue weighted by Crippen LogP contribution is -3.11. The Kier molecular flexibility index (Phi) is 6.82. The number of carbonyl (C=O) groups excluding carboxylic acids is 2. The van der Waals surface area contributed by atoms with Crippen molar-refractivity contribution in [2.24, 2.45) is 0 Å². The van der Waals surface area contributed by atoms with Gasteiger partial charge in [-0.2, -0.15) is 0 Å². The summed E-state index contributed by atoms with van der Waals surface area (Å²) in [5.74, 6) is -1.99. The van der Waals surface area contributed by atoms with E-state index in [-0.39, 0.29) is 11.7 Å². The van der Waals surface area contributed by atoms with E-state index in [2.05, 4.69) is 34.9 Å². The first-order valence-corrected chi connectivity index (χ1v) is 9.90. The molecule has 7 heteroatoms. The van der Waals surface area contributed by atoms with Gasteiger partial charge in [0.25, 0.3) is 0 Å². The highest BCUT2D eigenvalue weighted by Crippen LogP contribution is 2.17. The summed E-state index contributed by atoms with van der Waals surface area (Å²) in [6.07, 6.45) is 2.32. The van der Waals surface area contributed by atoms with Gasteiger partial charge in [-0.1, -0.05) is 18.2 Å². The van der Waals surface area contributed by atoms with Crippen LogP contribution in [0.2, 0.25) is 0 Å². The molecule has 0 aliphatic carbocycles. The number of hydrogen-bond donors (Lipinski definition) is 3. The minimum atomic E-state index is -0.797. The minimum absolute atomic E-state index is 0.0830. The van der Waals surface area contributed by atoms with Crippen molar-refractivity contribution in [3.8, 4) is 0 Å². The molecule has 1 fully saturated rings. The van der Waals surface area contributed by atoms with Gasteiger partial charge in [-0.05, 0) is 30.3 Å². The Hall–Kier alpha value is -2.93. The summed E-state index contributed by atoms with van der Waals surface area (Å²) in [5.41, 5.74) is 2.51. The predicted octanol–water partition coefficient (Wildman–Crippen LogP) is 1.37. The molecule has 1 aliphatic rings. The van der Waals surface area contributed by atoms with Gasteiger partial charge >= 0.3 is 11.8 Å². The van der Waals surface area contributed by atoms with Crippen molar-refractivity contribution in [2.45, 2.75) is 18.9 Å². The maximum absolute atomic E-state index is 13.3. The second-order valence-electron chi connectivity index (χ2n) is 7.58. The molecule has 1 aliphatic heterocycles. The van der Waals surface area contributed by atoms with E-state index in [1.165, 1.54) is 29.2 Å². The lowest BCUT2D eigenvalue weighted by Gasteiger charge is -2.25. The van der Waals surface area contributed by atoms with Gasteiger partial charge in [-0.15, -0.1) is 0 Å². The number of nitrogens with zero attached hydrogens (tertiary/aromatic N) is 1. The zero-order valence-electron chi connectivity index (χ0n) is 16.9. The summed E-state index contributed by atoms with van der Waals surface area (Å²) < 4.78 is 13.3. The number of rotatable bonds is 6. The van der Waals surface area contributed by atoms with Crippen molar-refractivity contribution in [3.63, 3.8) is 0 Å². The monoisotopic (exact) mass is 399 g/mol. The van der Waals surface area contributed by atoms with Crippen LogP contribution in [0.25, 0.3) is 0 Å². The van der Waals surface area contributed by atoms with Gasteiger partial charge in [0.05, 0.1) is 19.6 Å². The van der Waals surface area contributed by atoms with E-state index in [1.807, 2.05) is 19.0 Å². The summed E-state index contributed by atoms with van der Waals surface area (Å²) >= 11 is 0. The van der Waals surface area contributed by atoms with Gasteiger partial charge in [0.1, 0.15) is 11.9 Å². The quantitative estimate of drug-likeness (QED) is 0.643. The van der Waals surface area contributed by atoms with Crippen molar-refractivity contribution in [3.05, 3.63) is 59.9 Å².